The maximum atomic E-state index is 12.0. The third kappa shape index (κ3) is 4.29. The SMILES string of the molecule is Cc1cccc(=O)n1CCCCNS(=O)(=O)c1ccccc1. The van der Waals surface area contributed by atoms with E-state index in [1.807, 2.05) is 13.0 Å². The first-order valence-corrected chi connectivity index (χ1v) is 8.70. The van der Waals surface area contributed by atoms with Crippen molar-refractivity contribution in [2.24, 2.45) is 0 Å². The van der Waals surface area contributed by atoms with E-state index in [1.165, 1.54) is 6.07 Å². The van der Waals surface area contributed by atoms with Crippen LogP contribution in [0.15, 0.2) is 58.2 Å². The molecule has 0 amide bonds. The van der Waals surface area contributed by atoms with Crippen molar-refractivity contribution in [1.82, 2.24) is 9.29 Å². The molecule has 0 aliphatic carbocycles. The van der Waals surface area contributed by atoms with E-state index in [2.05, 4.69) is 4.72 Å². The molecule has 0 saturated carbocycles. The predicted molar refractivity (Wildman–Crippen MR) is 86.3 cm³/mol. The summed E-state index contributed by atoms with van der Waals surface area (Å²) in [7, 11) is -3.44. The van der Waals surface area contributed by atoms with Crippen LogP contribution < -0.4 is 10.3 Å². The minimum atomic E-state index is -3.44. The molecule has 0 bridgehead atoms. The average Bonchev–Trinajstić information content (AvgIpc) is 2.50. The molecule has 0 saturated heterocycles. The lowest BCUT2D eigenvalue weighted by molar-refractivity contribution is 0.557. The zero-order chi connectivity index (χ0) is 16.0. The highest BCUT2D eigenvalue weighted by Gasteiger charge is 2.11. The summed E-state index contributed by atoms with van der Waals surface area (Å²) in [6.45, 7) is 2.84. The molecule has 0 atom stereocenters. The third-order valence-electron chi connectivity index (χ3n) is 3.42. The van der Waals surface area contributed by atoms with Crippen LogP contribution in [-0.2, 0) is 16.6 Å². The second-order valence-electron chi connectivity index (χ2n) is 5.07. The van der Waals surface area contributed by atoms with Gasteiger partial charge in [0.15, 0.2) is 0 Å². The van der Waals surface area contributed by atoms with Crippen LogP contribution in [0.3, 0.4) is 0 Å². The Morgan fingerprint density at radius 2 is 1.73 bits per heavy atom. The van der Waals surface area contributed by atoms with Crippen LogP contribution in [0.2, 0.25) is 0 Å². The van der Waals surface area contributed by atoms with Crippen LogP contribution in [0, 0.1) is 6.92 Å². The number of sulfonamides is 1. The Balaban J connectivity index is 1.82. The van der Waals surface area contributed by atoms with Crippen LogP contribution in [0.4, 0.5) is 0 Å². The van der Waals surface area contributed by atoms with Gasteiger partial charge in [-0.1, -0.05) is 24.3 Å². The van der Waals surface area contributed by atoms with Gasteiger partial charge in [-0.2, -0.15) is 0 Å². The maximum absolute atomic E-state index is 12.0. The van der Waals surface area contributed by atoms with Gasteiger partial charge >= 0.3 is 0 Å². The number of aromatic nitrogens is 1. The predicted octanol–water partition coefficient (Wildman–Crippen LogP) is 1.92. The van der Waals surface area contributed by atoms with E-state index in [1.54, 1.807) is 41.0 Å². The van der Waals surface area contributed by atoms with Crippen molar-refractivity contribution in [3.63, 3.8) is 0 Å². The normalized spacial score (nSPS) is 11.5. The van der Waals surface area contributed by atoms with Crippen molar-refractivity contribution in [2.75, 3.05) is 6.54 Å². The first-order chi connectivity index (χ1) is 10.5. The summed E-state index contributed by atoms with van der Waals surface area (Å²) in [6, 6.07) is 13.5. The van der Waals surface area contributed by atoms with Gasteiger partial charge in [0, 0.05) is 24.8 Å². The van der Waals surface area contributed by atoms with Crippen LogP contribution >= 0.6 is 0 Å². The van der Waals surface area contributed by atoms with Gasteiger partial charge in [0.1, 0.15) is 0 Å². The molecular weight excluding hydrogens is 300 g/mol. The highest BCUT2D eigenvalue weighted by atomic mass is 32.2. The van der Waals surface area contributed by atoms with Crippen LogP contribution in [-0.4, -0.2) is 19.5 Å². The summed E-state index contributed by atoms with van der Waals surface area (Å²) < 4.78 is 28.3. The summed E-state index contributed by atoms with van der Waals surface area (Å²) in [5.41, 5.74) is 0.891. The Hall–Kier alpha value is -1.92. The molecule has 0 spiro atoms. The first kappa shape index (κ1) is 16.5. The minimum absolute atomic E-state index is 0.0233. The van der Waals surface area contributed by atoms with Crippen molar-refractivity contribution in [2.45, 2.75) is 31.2 Å². The summed E-state index contributed by atoms with van der Waals surface area (Å²) in [4.78, 5) is 12.0. The standard InChI is InChI=1S/C16H20N2O3S/c1-14-8-7-11-16(19)18(14)13-6-5-12-17-22(20,21)15-9-3-2-4-10-15/h2-4,7-11,17H,5-6,12-13H2,1H3. The number of nitrogens with one attached hydrogen (secondary N) is 1. The fourth-order valence-electron chi connectivity index (χ4n) is 2.19. The van der Waals surface area contributed by atoms with Crippen molar-refractivity contribution in [3.05, 3.63) is 64.6 Å². The lowest BCUT2D eigenvalue weighted by Crippen LogP contribution is -2.25. The summed E-state index contributed by atoms with van der Waals surface area (Å²) in [5.74, 6) is 0. The monoisotopic (exact) mass is 320 g/mol. The molecule has 22 heavy (non-hydrogen) atoms. The topological polar surface area (TPSA) is 68.2 Å². The highest BCUT2D eigenvalue weighted by molar-refractivity contribution is 7.89. The number of hydrogen-bond acceptors (Lipinski definition) is 3. The summed E-state index contributed by atoms with van der Waals surface area (Å²) in [6.07, 6.45) is 1.41. The van der Waals surface area contributed by atoms with Crippen molar-refractivity contribution in [3.8, 4) is 0 Å². The summed E-state index contributed by atoms with van der Waals surface area (Å²) in [5, 5.41) is 0. The van der Waals surface area contributed by atoms with E-state index in [9.17, 15) is 13.2 Å². The number of unbranched alkanes of at least 4 members (excludes halogenated alkanes) is 1. The molecule has 0 radical (unpaired) electrons. The molecule has 5 nitrogen and oxygen atoms in total. The fourth-order valence-corrected chi connectivity index (χ4v) is 3.29. The molecule has 1 heterocycles. The Bertz CT molecular complexity index is 767. The Morgan fingerprint density at radius 3 is 2.41 bits per heavy atom. The molecule has 0 aliphatic rings. The zero-order valence-corrected chi connectivity index (χ0v) is 13.3. The number of pyridine rings is 1. The van der Waals surface area contributed by atoms with Gasteiger partial charge < -0.3 is 4.57 Å². The van der Waals surface area contributed by atoms with Crippen molar-refractivity contribution in [1.29, 1.82) is 0 Å². The van der Waals surface area contributed by atoms with E-state index in [-0.39, 0.29) is 10.5 Å². The fraction of sp³-hybridized carbons (Fsp3) is 0.312. The molecule has 1 aromatic carbocycles. The molecular formula is C16H20N2O3S. The molecule has 1 aromatic heterocycles. The number of aryl methyl sites for hydroxylation is 1. The van der Waals surface area contributed by atoms with Crippen LogP contribution in [0.1, 0.15) is 18.5 Å². The average molecular weight is 320 g/mol. The smallest absolute Gasteiger partial charge is 0.250 e. The number of nitrogens with zero attached hydrogens (tertiary/aromatic N) is 1. The van der Waals surface area contributed by atoms with Gasteiger partial charge in [-0.15, -0.1) is 0 Å². The summed E-state index contributed by atoms with van der Waals surface area (Å²) >= 11 is 0. The zero-order valence-electron chi connectivity index (χ0n) is 12.5. The van der Waals surface area contributed by atoms with E-state index in [0.29, 0.717) is 19.5 Å². The second-order valence-corrected chi connectivity index (χ2v) is 6.84. The highest BCUT2D eigenvalue weighted by Crippen LogP contribution is 2.07. The Labute approximate surface area is 130 Å². The van der Waals surface area contributed by atoms with Crippen LogP contribution in [0.25, 0.3) is 0 Å². The quantitative estimate of drug-likeness (QED) is 0.793. The number of rotatable bonds is 7. The van der Waals surface area contributed by atoms with E-state index in [0.717, 1.165) is 12.1 Å². The Kier molecular flexibility index (Phi) is 5.51. The van der Waals surface area contributed by atoms with Gasteiger partial charge in [0.25, 0.3) is 5.56 Å². The van der Waals surface area contributed by atoms with Gasteiger partial charge in [-0.25, -0.2) is 13.1 Å². The van der Waals surface area contributed by atoms with Crippen LogP contribution in [0.5, 0.6) is 0 Å². The maximum Gasteiger partial charge on any atom is 0.250 e. The van der Waals surface area contributed by atoms with E-state index < -0.39 is 10.0 Å². The molecule has 0 unspecified atom stereocenters. The molecule has 0 fully saturated rings. The molecule has 0 aliphatic heterocycles. The molecule has 118 valence electrons. The molecule has 1 N–H and O–H groups in total. The Morgan fingerprint density at radius 1 is 1.00 bits per heavy atom. The van der Waals surface area contributed by atoms with Gasteiger partial charge in [0.2, 0.25) is 10.0 Å². The van der Waals surface area contributed by atoms with Crippen molar-refractivity contribution >= 4 is 10.0 Å². The first-order valence-electron chi connectivity index (χ1n) is 7.22. The van der Waals surface area contributed by atoms with E-state index in [4.69, 9.17) is 0 Å². The second kappa shape index (κ2) is 7.38. The molecule has 2 rings (SSSR count). The largest absolute Gasteiger partial charge is 0.313 e. The minimum Gasteiger partial charge on any atom is -0.313 e. The molecule has 6 heteroatoms. The van der Waals surface area contributed by atoms with Gasteiger partial charge in [-0.05, 0) is 38.0 Å². The van der Waals surface area contributed by atoms with E-state index >= 15 is 0 Å². The van der Waals surface area contributed by atoms with Crippen molar-refractivity contribution < 1.29 is 8.42 Å². The lowest BCUT2D eigenvalue weighted by Gasteiger charge is -2.10. The van der Waals surface area contributed by atoms with Gasteiger partial charge in [-0.3, -0.25) is 4.79 Å². The lowest BCUT2D eigenvalue weighted by atomic mass is 10.3. The number of benzene rings is 1. The molecule has 2 aromatic rings. The third-order valence-corrected chi connectivity index (χ3v) is 4.90. The number of hydrogen-bond donors (Lipinski definition) is 1. The van der Waals surface area contributed by atoms with Gasteiger partial charge in [0.05, 0.1) is 4.90 Å².